The summed E-state index contributed by atoms with van der Waals surface area (Å²) in [6.07, 6.45) is 9.26. The van der Waals surface area contributed by atoms with Crippen LogP contribution in [0.5, 0.6) is 0 Å². The van der Waals surface area contributed by atoms with Gasteiger partial charge in [0.25, 0.3) is 0 Å². The molecule has 30 heavy (non-hydrogen) atoms. The number of rotatable bonds is 8. The molecule has 3 N–H and O–H groups in total. The van der Waals surface area contributed by atoms with Crippen molar-refractivity contribution in [2.45, 2.75) is 34.6 Å². The molecule has 0 heterocycles. The first kappa shape index (κ1) is 24.7. The maximum absolute atomic E-state index is 14.3. The van der Waals surface area contributed by atoms with Gasteiger partial charge in [0.1, 0.15) is 11.9 Å². The van der Waals surface area contributed by atoms with Crippen molar-refractivity contribution in [3.63, 3.8) is 0 Å². The predicted molar refractivity (Wildman–Crippen MR) is 126 cm³/mol. The molecule has 4 heteroatoms. The molecule has 0 bridgehead atoms. The molecule has 0 aromatic heterocycles. The third kappa shape index (κ3) is 7.97. The molecule has 0 saturated heterocycles. The molecule has 1 rings (SSSR count). The van der Waals surface area contributed by atoms with E-state index in [1.165, 1.54) is 12.1 Å². The van der Waals surface area contributed by atoms with Gasteiger partial charge in [-0.3, -0.25) is 0 Å². The molecule has 0 aliphatic heterocycles. The van der Waals surface area contributed by atoms with E-state index < -0.39 is 5.82 Å². The SMILES string of the molecule is C=C/C(C)=C/C(=C(C)\C(\C=C/NCC(C)(C)C)=C\C(=C)N)c1ccc(C#N)c(F)c1. The van der Waals surface area contributed by atoms with E-state index in [1.807, 2.05) is 38.3 Å². The van der Waals surface area contributed by atoms with E-state index in [1.54, 1.807) is 18.2 Å². The van der Waals surface area contributed by atoms with E-state index in [0.29, 0.717) is 11.3 Å². The summed E-state index contributed by atoms with van der Waals surface area (Å²) in [4.78, 5) is 0. The van der Waals surface area contributed by atoms with Crippen molar-refractivity contribution in [1.29, 1.82) is 5.26 Å². The number of hydrogen-bond donors (Lipinski definition) is 2. The highest BCUT2D eigenvalue weighted by Gasteiger charge is 2.11. The molecule has 0 aliphatic carbocycles. The Morgan fingerprint density at radius 1 is 1.27 bits per heavy atom. The van der Waals surface area contributed by atoms with Gasteiger partial charge < -0.3 is 11.1 Å². The van der Waals surface area contributed by atoms with Crippen LogP contribution in [0.25, 0.3) is 5.57 Å². The molecule has 0 aliphatic rings. The van der Waals surface area contributed by atoms with Crippen LogP contribution in [0.4, 0.5) is 4.39 Å². The summed E-state index contributed by atoms with van der Waals surface area (Å²) in [6.45, 7) is 18.7. The zero-order valence-corrected chi connectivity index (χ0v) is 18.6. The van der Waals surface area contributed by atoms with Crippen molar-refractivity contribution in [3.8, 4) is 6.07 Å². The molecular weight excluding hydrogens is 373 g/mol. The summed E-state index contributed by atoms with van der Waals surface area (Å²) >= 11 is 0. The first-order valence-corrected chi connectivity index (χ1v) is 9.76. The Balaban J connectivity index is 3.56. The van der Waals surface area contributed by atoms with E-state index in [2.05, 4.69) is 39.2 Å². The fourth-order valence-corrected chi connectivity index (χ4v) is 2.62. The average molecular weight is 406 g/mol. The monoisotopic (exact) mass is 405 g/mol. The van der Waals surface area contributed by atoms with Crippen LogP contribution in [-0.4, -0.2) is 6.54 Å². The molecule has 0 spiro atoms. The van der Waals surface area contributed by atoms with Gasteiger partial charge in [-0.1, -0.05) is 57.7 Å². The van der Waals surface area contributed by atoms with Crippen LogP contribution in [-0.2, 0) is 0 Å². The quantitative estimate of drug-likeness (QED) is 0.510. The van der Waals surface area contributed by atoms with E-state index in [9.17, 15) is 4.39 Å². The Morgan fingerprint density at radius 2 is 1.93 bits per heavy atom. The molecule has 0 unspecified atom stereocenters. The Labute approximate surface area is 180 Å². The topological polar surface area (TPSA) is 61.8 Å². The molecule has 0 atom stereocenters. The summed E-state index contributed by atoms with van der Waals surface area (Å²) in [5.41, 5.74) is 10.6. The van der Waals surface area contributed by atoms with Gasteiger partial charge in [-0.05, 0) is 72.0 Å². The summed E-state index contributed by atoms with van der Waals surface area (Å²) in [5, 5.41) is 12.3. The van der Waals surface area contributed by atoms with Crippen LogP contribution in [0.15, 0.2) is 84.3 Å². The second-order valence-electron chi connectivity index (χ2n) is 8.39. The van der Waals surface area contributed by atoms with Crippen LogP contribution in [0.3, 0.4) is 0 Å². The Kier molecular flexibility index (Phi) is 9.08. The minimum atomic E-state index is -0.555. The lowest BCUT2D eigenvalue weighted by atomic mass is 9.92. The second kappa shape index (κ2) is 11.0. The lowest BCUT2D eigenvalue weighted by molar-refractivity contribution is 0.402. The number of hydrogen-bond acceptors (Lipinski definition) is 3. The summed E-state index contributed by atoms with van der Waals surface area (Å²) in [5.74, 6) is -0.555. The highest BCUT2D eigenvalue weighted by atomic mass is 19.1. The number of halogens is 1. The van der Waals surface area contributed by atoms with E-state index in [4.69, 9.17) is 11.0 Å². The number of nitriles is 1. The first-order chi connectivity index (χ1) is 14.0. The van der Waals surface area contributed by atoms with Crippen molar-refractivity contribution in [2.24, 2.45) is 11.1 Å². The van der Waals surface area contributed by atoms with Gasteiger partial charge in [0.2, 0.25) is 0 Å². The lowest BCUT2D eigenvalue weighted by Gasteiger charge is -2.18. The predicted octanol–water partition coefficient (Wildman–Crippen LogP) is 6.15. The van der Waals surface area contributed by atoms with Crippen molar-refractivity contribution in [3.05, 3.63) is 101 Å². The van der Waals surface area contributed by atoms with Gasteiger partial charge in [-0.15, -0.1) is 0 Å². The summed E-state index contributed by atoms with van der Waals surface area (Å²) in [7, 11) is 0. The van der Waals surface area contributed by atoms with Crippen LogP contribution >= 0.6 is 0 Å². The second-order valence-corrected chi connectivity index (χ2v) is 8.39. The zero-order valence-electron chi connectivity index (χ0n) is 18.6. The fourth-order valence-electron chi connectivity index (χ4n) is 2.62. The molecule has 0 amide bonds. The Bertz CT molecular complexity index is 961. The lowest BCUT2D eigenvalue weighted by Crippen LogP contribution is -2.22. The number of nitrogens with zero attached hydrogens (tertiary/aromatic N) is 1. The largest absolute Gasteiger partial charge is 0.399 e. The van der Waals surface area contributed by atoms with Gasteiger partial charge in [0, 0.05) is 12.2 Å². The van der Waals surface area contributed by atoms with Crippen molar-refractivity contribution < 1.29 is 4.39 Å². The molecule has 1 aromatic carbocycles. The summed E-state index contributed by atoms with van der Waals surface area (Å²) < 4.78 is 14.3. The van der Waals surface area contributed by atoms with Gasteiger partial charge in [0.15, 0.2) is 0 Å². The van der Waals surface area contributed by atoms with Gasteiger partial charge in [-0.25, -0.2) is 4.39 Å². The molecule has 0 fully saturated rings. The molecular formula is C26H32FN3. The number of nitrogens with two attached hydrogens (primary N) is 1. The number of benzene rings is 1. The van der Waals surface area contributed by atoms with Crippen LogP contribution in [0, 0.1) is 22.6 Å². The fraction of sp³-hybridized carbons (Fsp3) is 0.269. The minimum Gasteiger partial charge on any atom is -0.399 e. The third-order valence-electron chi connectivity index (χ3n) is 4.29. The number of allylic oxidation sites excluding steroid dienone is 8. The Morgan fingerprint density at radius 3 is 2.43 bits per heavy atom. The smallest absolute Gasteiger partial charge is 0.141 e. The standard InChI is InChI=1S/C26H32FN3/c1-8-18(2)13-24(22-9-10-23(16-28)25(27)15-22)20(4)21(14-19(3)29)11-12-30-17-26(5,6)7/h8-15,30H,1,3,17,29H2,2,4-7H3/b12-11-,18-13+,21-14+,24-20+. The molecule has 158 valence electrons. The highest BCUT2D eigenvalue weighted by molar-refractivity contribution is 5.81. The van der Waals surface area contributed by atoms with Gasteiger partial charge in [0.05, 0.1) is 5.56 Å². The van der Waals surface area contributed by atoms with Crippen LogP contribution in [0.2, 0.25) is 0 Å². The zero-order chi connectivity index (χ0) is 22.9. The highest BCUT2D eigenvalue weighted by Crippen LogP contribution is 2.28. The molecule has 1 aromatic rings. The normalized spacial score (nSPS) is 13.6. The van der Waals surface area contributed by atoms with E-state index in [-0.39, 0.29) is 11.0 Å². The van der Waals surface area contributed by atoms with Crippen LogP contribution < -0.4 is 11.1 Å². The third-order valence-corrected chi connectivity index (χ3v) is 4.29. The van der Waals surface area contributed by atoms with Crippen molar-refractivity contribution in [2.75, 3.05) is 6.54 Å². The minimum absolute atomic E-state index is 0.0116. The number of nitrogens with one attached hydrogen (secondary N) is 1. The van der Waals surface area contributed by atoms with E-state index in [0.717, 1.165) is 28.8 Å². The van der Waals surface area contributed by atoms with Gasteiger partial charge in [-0.2, -0.15) is 5.26 Å². The molecule has 3 nitrogen and oxygen atoms in total. The molecule has 0 radical (unpaired) electrons. The maximum Gasteiger partial charge on any atom is 0.141 e. The molecule has 0 saturated carbocycles. The van der Waals surface area contributed by atoms with Crippen molar-refractivity contribution >= 4 is 5.57 Å². The van der Waals surface area contributed by atoms with Crippen LogP contribution in [0.1, 0.15) is 45.7 Å². The Hall–Kier alpha value is -3.32. The first-order valence-electron chi connectivity index (χ1n) is 9.76. The maximum atomic E-state index is 14.3. The average Bonchev–Trinajstić information content (AvgIpc) is 2.66. The van der Waals surface area contributed by atoms with Crippen molar-refractivity contribution in [1.82, 2.24) is 5.32 Å². The van der Waals surface area contributed by atoms with E-state index >= 15 is 0 Å². The summed E-state index contributed by atoms with van der Waals surface area (Å²) in [6, 6.07) is 6.46. The van der Waals surface area contributed by atoms with Gasteiger partial charge >= 0.3 is 0 Å².